The second-order valence-electron chi connectivity index (χ2n) is 5.83. The predicted octanol–water partition coefficient (Wildman–Crippen LogP) is 4.71. The zero-order chi connectivity index (χ0) is 18.2. The van der Waals surface area contributed by atoms with Crippen LogP contribution in [0.5, 0.6) is 11.5 Å². The quantitative estimate of drug-likeness (QED) is 0.630. The number of rotatable bonds is 7. The number of aryl methyl sites for hydroxylation is 1. The van der Waals surface area contributed by atoms with Gasteiger partial charge in [0.1, 0.15) is 24.7 Å². The fourth-order valence-corrected chi connectivity index (χ4v) is 2.50. The summed E-state index contributed by atoms with van der Waals surface area (Å²) in [4.78, 5) is 12.4. The normalized spacial score (nSPS) is 10.2. The summed E-state index contributed by atoms with van der Waals surface area (Å²) in [5, 5.41) is 2.91. The van der Waals surface area contributed by atoms with Gasteiger partial charge in [-0.15, -0.1) is 0 Å². The molecule has 0 saturated heterocycles. The number of carbonyl (C=O) groups is 1. The topological polar surface area (TPSA) is 47.6 Å². The monoisotopic (exact) mass is 347 g/mol. The number of hydrogen-bond donors (Lipinski definition) is 1. The Bertz CT molecular complexity index is 862. The van der Waals surface area contributed by atoms with E-state index in [4.69, 9.17) is 9.47 Å². The van der Waals surface area contributed by atoms with Crippen molar-refractivity contribution in [2.75, 3.05) is 18.5 Å². The third-order valence-electron chi connectivity index (χ3n) is 3.77. The molecule has 0 bridgehead atoms. The Balaban J connectivity index is 1.58. The molecule has 3 aromatic rings. The fourth-order valence-electron chi connectivity index (χ4n) is 2.50. The van der Waals surface area contributed by atoms with Crippen molar-refractivity contribution in [1.29, 1.82) is 0 Å². The summed E-state index contributed by atoms with van der Waals surface area (Å²) in [5.41, 5.74) is 2.30. The highest BCUT2D eigenvalue weighted by molar-refractivity contribution is 6.05. The molecule has 0 unspecified atom stereocenters. The molecule has 0 aliphatic rings. The van der Waals surface area contributed by atoms with Crippen LogP contribution in [0.25, 0.3) is 0 Å². The number of amides is 1. The lowest BCUT2D eigenvalue weighted by molar-refractivity contribution is 0.102. The van der Waals surface area contributed by atoms with Crippen LogP contribution in [0.2, 0.25) is 0 Å². The minimum Gasteiger partial charge on any atom is -0.490 e. The molecule has 4 nitrogen and oxygen atoms in total. The number of para-hydroxylation sites is 3. The van der Waals surface area contributed by atoms with Crippen LogP contribution in [0.1, 0.15) is 15.9 Å². The van der Waals surface area contributed by atoms with Crippen LogP contribution in [0.15, 0.2) is 78.9 Å². The van der Waals surface area contributed by atoms with Crippen LogP contribution in [-0.2, 0) is 0 Å². The largest absolute Gasteiger partial charge is 0.490 e. The number of hydrogen-bond acceptors (Lipinski definition) is 3. The average Bonchev–Trinajstić information content (AvgIpc) is 2.67. The Morgan fingerprint density at radius 3 is 2.38 bits per heavy atom. The summed E-state index contributed by atoms with van der Waals surface area (Å²) in [6.45, 7) is 2.76. The minimum atomic E-state index is -0.162. The van der Waals surface area contributed by atoms with E-state index in [1.807, 2.05) is 79.7 Å². The van der Waals surface area contributed by atoms with Crippen LogP contribution < -0.4 is 14.8 Å². The van der Waals surface area contributed by atoms with Gasteiger partial charge in [0.2, 0.25) is 0 Å². The van der Waals surface area contributed by atoms with Gasteiger partial charge in [-0.1, -0.05) is 48.0 Å². The minimum absolute atomic E-state index is 0.162. The van der Waals surface area contributed by atoms with Gasteiger partial charge >= 0.3 is 0 Å². The van der Waals surface area contributed by atoms with E-state index in [9.17, 15) is 4.79 Å². The molecule has 4 heteroatoms. The first-order valence-corrected chi connectivity index (χ1v) is 8.50. The Morgan fingerprint density at radius 2 is 1.58 bits per heavy atom. The van der Waals surface area contributed by atoms with Crippen molar-refractivity contribution in [2.24, 2.45) is 0 Å². The lowest BCUT2D eigenvalue weighted by atomic mass is 10.1. The van der Waals surface area contributed by atoms with Crippen molar-refractivity contribution in [1.82, 2.24) is 0 Å². The molecule has 0 fully saturated rings. The maximum atomic E-state index is 12.4. The van der Waals surface area contributed by atoms with Gasteiger partial charge in [-0.05, 0) is 43.3 Å². The zero-order valence-electron chi connectivity index (χ0n) is 14.6. The Labute approximate surface area is 153 Å². The van der Waals surface area contributed by atoms with Gasteiger partial charge in [-0.25, -0.2) is 0 Å². The SMILES string of the molecule is Cc1cccc(C(=O)Nc2ccccc2OCCOc2ccccc2)c1. The Morgan fingerprint density at radius 1 is 0.846 bits per heavy atom. The van der Waals surface area contributed by atoms with Gasteiger partial charge < -0.3 is 14.8 Å². The van der Waals surface area contributed by atoms with Gasteiger partial charge in [0.05, 0.1) is 5.69 Å². The number of benzene rings is 3. The van der Waals surface area contributed by atoms with Crippen molar-refractivity contribution in [3.05, 3.63) is 90.0 Å². The van der Waals surface area contributed by atoms with Crippen molar-refractivity contribution in [2.45, 2.75) is 6.92 Å². The zero-order valence-corrected chi connectivity index (χ0v) is 14.6. The molecule has 0 aliphatic heterocycles. The molecule has 26 heavy (non-hydrogen) atoms. The van der Waals surface area contributed by atoms with Gasteiger partial charge in [-0.2, -0.15) is 0 Å². The van der Waals surface area contributed by atoms with Crippen molar-refractivity contribution < 1.29 is 14.3 Å². The van der Waals surface area contributed by atoms with E-state index >= 15 is 0 Å². The molecular weight excluding hydrogens is 326 g/mol. The lowest BCUT2D eigenvalue weighted by Crippen LogP contribution is -2.14. The van der Waals surface area contributed by atoms with Gasteiger partial charge in [0, 0.05) is 5.56 Å². The first kappa shape index (κ1) is 17.5. The third-order valence-corrected chi connectivity index (χ3v) is 3.77. The van der Waals surface area contributed by atoms with Crippen molar-refractivity contribution in [3.63, 3.8) is 0 Å². The molecule has 3 rings (SSSR count). The Kier molecular flexibility index (Phi) is 5.88. The number of ether oxygens (including phenoxy) is 2. The smallest absolute Gasteiger partial charge is 0.255 e. The second-order valence-corrected chi connectivity index (χ2v) is 5.83. The summed E-state index contributed by atoms with van der Waals surface area (Å²) in [6, 6.07) is 24.4. The maximum absolute atomic E-state index is 12.4. The van der Waals surface area contributed by atoms with Crippen LogP contribution in [-0.4, -0.2) is 19.1 Å². The van der Waals surface area contributed by atoms with E-state index in [-0.39, 0.29) is 5.91 Å². The molecule has 0 spiro atoms. The van der Waals surface area contributed by atoms with E-state index in [0.29, 0.717) is 30.2 Å². The molecule has 0 atom stereocenters. The average molecular weight is 347 g/mol. The molecule has 0 aromatic heterocycles. The second kappa shape index (κ2) is 8.72. The first-order chi connectivity index (χ1) is 12.7. The van der Waals surface area contributed by atoms with E-state index in [0.717, 1.165) is 11.3 Å². The summed E-state index contributed by atoms with van der Waals surface area (Å²) < 4.78 is 11.4. The van der Waals surface area contributed by atoms with E-state index in [1.54, 1.807) is 6.07 Å². The number of anilines is 1. The molecule has 0 aliphatic carbocycles. The highest BCUT2D eigenvalue weighted by Gasteiger charge is 2.10. The predicted molar refractivity (Wildman–Crippen MR) is 103 cm³/mol. The lowest BCUT2D eigenvalue weighted by Gasteiger charge is -2.13. The van der Waals surface area contributed by atoms with Gasteiger partial charge in [-0.3, -0.25) is 4.79 Å². The van der Waals surface area contributed by atoms with Crippen LogP contribution >= 0.6 is 0 Å². The molecule has 0 radical (unpaired) electrons. The molecule has 0 heterocycles. The molecule has 132 valence electrons. The van der Waals surface area contributed by atoms with Crippen molar-refractivity contribution in [3.8, 4) is 11.5 Å². The fraction of sp³-hybridized carbons (Fsp3) is 0.136. The molecule has 0 saturated carbocycles. The Hall–Kier alpha value is -3.27. The van der Waals surface area contributed by atoms with Gasteiger partial charge in [0.15, 0.2) is 0 Å². The molecule has 3 aromatic carbocycles. The number of carbonyl (C=O) groups excluding carboxylic acids is 1. The summed E-state index contributed by atoms with van der Waals surface area (Å²) in [5.74, 6) is 1.26. The van der Waals surface area contributed by atoms with Crippen LogP contribution in [0.3, 0.4) is 0 Å². The summed E-state index contributed by atoms with van der Waals surface area (Å²) >= 11 is 0. The molecule has 1 N–H and O–H groups in total. The third kappa shape index (κ3) is 4.86. The van der Waals surface area contributed by atoms with E-state index in [1.165, 1.54) is 0 Å². The standard InChI is InChI=1S/C22H21NO3/c1-17-8-7-9-18(16-17)22(24)23-20-12-5-6-13-21(20)26-15-14-25-19-10-3-2-4-11-19/h2-13,16H,14-15H2,1H3,(H,23,24). The number of nitrogens with one attached hydrogen (secondary N) is 1. The summed E-state index contributed by atoms with van der Waals surface area (Å²) in [6.07, 6.45) is 0. The molecular formula is C22H21NO3. The highest BCUT2D eigenvalue weighted by Crippen LogP contribution is 2.24. The maximum Gasteiger partial charge on any atom is 0.255 e. The summed E-state index contributed by atoms with van der Waals surface area (Å²) in [7, 11) is 0. The van der Waals surface area contributed by atoms with Gasteiger partial charge in [0.25, 0.3) is 5.91 Å². The van der Waals surface area contributed by atoms with E-state index in [2.05, 4.69) is 5.32 Å². The van der Waals surface area contributed by atoms with Crippen LogP contribution in [0, 0.1) is 6.92 Å². The van der Waals surface area contributed by atoms with Crippen LogP contribution in [0.4, 0.5) is 5.69 Å². The van der Waals surface area contributed by atoms with E-state index < -0.39 is 0 Å². The van der Waals surface area contributed by atoms with Crippen molar-refractivity contribution >= 4 is 11.6 Å². The first-order valence-electron chi connectivity index (χ1n) is 8.50. The highest BCUT2D eigenvalue weighted by atomic mass is 16.5. The molecule has 1 amide bonds.